The third-order valence-electron chi connectivity index (χ3n) is 9.17. The molecule has 0 amide bonds. The molecule has 0 N–H and O–H groups in total. The van der Waals surface area contributed by atoms with E-state index in [1.165, 1.54) is 52.0 Å². The average Bonchev–Trinajstić information content (AvgIpc) is 3.48. The summed E-state index contributed by atoms with van der Waals surface area (Å²) < 4.78 is 4.01. The quantitative estimate of drug-likeness (QED) is 0.127. The van der Waals surface area contributed by atoms with Gasteiger partial charge < -0.3 is 4.98 Å². The summed E-state index contributed by atoms with van der Waals surface area (Å²) in [6.07, 6.45) is 5.01. The molecule has 263 valence electrons. The zero-order valence-corrected chi connectivity index (χ0v) is 36.3. The number of thiophene rings is 1. The normalized spacial score (nSPS) is 11.7. The van der Waals surface area contributed by atoms with Crippen molar-refractivity contribution < 1.29 is 20.1 Å². The Morgan fingerprint density at radius 2 is 1.52 bits per heavy atom. The largest absolute Gasteiger partial charge is 0 e. The van der Waals surface area contributed by atoms with Gasteiger partial charge in [-0.3, -0.25) is 0 Å². The summed E-state index contributed by atoms with van der Waals surface area (Å²) in [6, 6.07) is 47.9. The summed E-state index contributed by atoms with van der Waals surface area (Å²) in [5.74, 6) is 7.14. The maximum absolute atomic E-state index is 4.78. The summed E-state index contributed by atoms with van der Waals surface area (Å²) in [5.41, 5.74) is 9.44. The molecule has 1 radical (unpaired) electrons. The van der Waals surface area contributed by atoms with Crippen LogP contribution in [0.4, 0.5) is 0 Å². The van der Waals surface area contributed by atoms with Gasteiger partial charge in [0.15, 0.2) is 0 Å². The molecule has 2 nitrogen and oxygen atoms in total. The van der Waals surface area contributed by atoms with Crippen LogP contribution in [-0.4, -0.2) is 23.2 Å². The Balaban J connectivity index is 0.000000230. The summed E-state index contributed by atoms with van der Waals surface area (Å²) in [5, 5.41) is 5.16. The first-order valence-electron chi connectivity index (χ1n) is 17.7. The van der Waals surface area contributed by atoms with Gasteiger partial charge in [0.25, 0.3) is 0 Å². The van der Waals surface area contributed by atoms with Crippen LogP contribution < -0.4 is 4.40 Å². The first-order valence-corrected chi connectivity index (χ1v) is 25.9. The van der Waals surface area contributed by atoms with Crippen molar-refractivity contribution >= 4 is 59.9 Å². The second-order valence-electron chi connectivity index (χ2n) is 15.7. The van der Waals surface area contributed by atoms with Crippen molar-refractivity contribution in [3.05, 3.63) is 151 Å². The van der Waals surface area contributed by atoms with Crippen LogP contribution in [0.5, 0.6) is 0 Å². The molecule has 8 aromatic rings. The molecule has 0 saturated carbocycles. The van der Waals surface area contributed by atoms with Gasteiger partial charge in [-0.15, -0.1) is 23.3 Å². The van der Waals surface area contributed by atoms with Gasteiger partial charge in [0.2, 0.25) is 0 Å². The van der Waals surface area contributed by atoms with Gasteiger partial charge in [-0.1, -0.05) is 93.2 Å². The Hall–Kier alpha value is -3.93. The topological polar surface area (TPSA) is 25.8 Å². The molecule has 5 heteroatoms. The number of aromatic nitrogens is 2. The third kappa shape index (κ3) is 8.48. The number of rotatable bonds is 5. The summed E-state index contributed by atoms with van der Waals surface area (Å²) >= 11 is 0.131. The van der Waals surface area contributed by atoms with E-state index < -0.39 is 13.3 Å². The van der Waals surface area contributed by atoms with E-state index >= 15 is 0 Å². The van der Waals surface area contributed by atoms with Gasteiger partial charge >= 0.3 is 99.8 Å². The fraction of sp³-hybridized carbons (Fsp3) is 0.191. The smallest absolute Gasteiger partial charge is 0 e. The number of fused-ring (bicyclic) bond motifs is 4. The average molecular weight is 934 g/mol. The maximum atomic E-state index is 4.78. The molecule has 0 spiro atoms. The van der Waals surface area contributed by atoms with Gasteiger partial charge in [0, 0.05) is 31.0 Å². The van der Waals surface area contributed by atoms with Crippen molar-refractivity contribution in [3.63, 3.8) is 0 Å². The van der Waals surface area contributed by atoms with Crippen LogP contribution in [0.25, 0.3) is 64.6 Å². The molecule has 0 saturated heterocycles. The molecule has 0 aliphatic heterocycles. The second kappa shape index (κ2) is 15.6. The predicted octanol–water partition coefficient (Wildman–Crippen LogP) is 12.7. The van der Waals surface area contributed by atoms with Crippen LogP contribution in [0.1, 0.15) is 31.9 Å². The van der Waals surface area contributed by atoms with Crippen molar-refractivity contribution in [1.82, 2.24) is 9.97 Å². The van der Waals surface area contributed by atoms with Crippen molar-refractivity contribution in [2.45, 2.75) is 51.4 Å². The summed E-state index contributed by atoms with van der Waals surface area (Å²) in [4.78, 5) is 9.31. The Bertz CT molecular complexity index is 2470. The number of pyridine rings is 2. The molecular formula is C47H44GeIrN2S-2. The van der Waals surface area contributed by atoms with Crippen LogP contribution >= 0.6 is 11.3 Å². The fourth-order valence-electron chi connectivity index (χ4n) is 6.66. The molecule has 52 heavy (non-hydrogen) atoms. The Morgan fingerprint density at radius 3 is 2.25 bits per heavy atom. The number of aryl methyl sites for hydroxylation is 1. The first-order chi connectivity index (χ1) is 24.4. The van der Waals surface area contributed by atoms with Crippen molar-refractivity contribution in [1.29, 1.82) is 0 Å². The number of hydrogen-bond acceptors (Lipinski definition) is 3. The fourth-order valence-corrected chi connectivity index (χ4v) is 10.0. The van der Waals surface area contributed by atoms with Gasteiger partial charge in [-0.25, -0.2) is 0 Å². The molecule has 3 heterocycles. The molecule has 0 unspecified atom stereocenters. The third-order valence-corrected chi connectivity index (χ3v) is 14.6. The van der Waals surface area contributed by atoms with Gasteiger partial charge in [0.1, 0.15) is 0 Å². The van der Waals surface area contributed by atoms with E-state index in [-0.39, 0.29) is 25.5 Å². The van der Waals surface area contributed by atoms with E-state index in [4.69, 9.17) is 4.98 Å². The molecule has 0 bridgehead atoms. The van der Waals surface area contributed by atoms with Gasteiger partial charge in [0.05, 0.1) is 0 Å². The van der Waals surface area contributed by atoms with Gasteiger partial charge in [-0.2, -0.15) is 11.3 Å². The van der Waals surface area contributed by atoms with E-state index in [1.54, 1.807) is 0 Å². The van der Waals surface area contributed by atoms with Crippen LogP contribution in [0.15, 0.2) is 128 Å². The van der Waals surface area contributed by atoms with Crippen LogP contribution in [-0.2, 0) is 26.5 Å². The van der Waals surface area contributed by atoms with Crippen LogP contribution in [0.3, 0.4) is 0 Å². The number of nitrogens with zero attached hydrogens (tertiary/aromatic N) is 2. The van der Waals surface area contributed by atoms with Crippen LogP contribution in [0, 0.1) is 24.5 Å². The minimum absolute atomic E-state index is 0. The van der Waals surface area contributed by atoms with E-state index in [9.17, 15) is 0 Å². The summed E-state index contributed by atoms with van der Waals surface area (Å²) in [6.45, 7) is 8.98. The monoisotopic (exact) mass is 935 g/mol. The van der Waals surface area contributed by atoms with E-state index in [1.807, 2.05) is 48.0 Å². The Kier molecular flexibility index (Phi) is 11.3. The maximum Gasteiger partial charge on any atom is 0 e. The Labute approximate surface area is 329 Å². The minimum Gasteiger partial charge on any atom is 0 e. The number of hydrogen-bond donors (Lipinski definition) is 0. The minimum atomic E-state index is -1.72. The number of benzene rings is 5. The van der Waals surface area contributed by atoms with Crippen molar-refractivity contribution in [2.24, 2.45) is 5.41 Å². The molecule has 3 aromatic heterocycles. The SMILES string of the molecule is Cc1[c-]c(-c2cc(CC(C)(C)C)ccn2)c2sc3ccc(-c4cccc5ccccc45)cc3c2c1.[CH3][Ge]([CH3])([CH3])[c]1ccc(-c2[c-]cccc2)nc1.[Ir]. The molecular weight excluding hydrogens is 889 g/mol. The summed E-state index contributed by atoms with van der Waals surface area (Å²) in [7, 11) is 0. The molecule has 0 aliphatic carbocycles. The first kappa shape index (κ1) is 37.8. The molecule has 0 aliphatic rings. The zero-order valence-electron chi connectivity index (χ0n) is 31.0. The standard InChI is InChI=1S/C33H28NS.C14H16GeN.Ir/c1-21-16-28-27-19-24(26-11-7-9-23-8-5-6-10-25(23)26)12-13-31(27)35-32(28)29(17-21)30-18-22(14-15-34-30)20-33(2,3)4;1-15(2,3)13-9-10-14(16-11-13)12-7-5-4-6-8-12;/h5-16,18-19H,20H2,1-4H3;4-7,9-11H,1-3H3;/q2*-1;. The zero-order chi connectivity index (χ0) is 35.8. The van der Waals surface area contributed by atoms with Crippen LogP contribution in [0.2, 0.25) is 17.3 Å². The molecule has 5 aromatic carbocycles. The van der Waals surface area contributed by atoms with E-state index in [2.05, 4.69) is 153 Å². The second-order valence-corrected chi connectivity index (χ2v) is 27.4. The van der Waals surface area contributed by atoms with Crippen molar-refractivity contribution in [2.75, 3.05) is 0 Å². The predicted molar refractivity (Wildman–Crippen MR) is 224 cm³/mol. The molecule has 8 rings (SSSR count). The van der Waals surface area contributed by atoms with Crippen molar-refractivity contribution in [3.8, 4) is 33.6 Å². The van der Waals surface area contributed by atoms with E-state index in [0.717, 1.165) is 34.5 Å². The van der Waals surface area contributed by atoms with E-state index in [0.29, 0.717) is 0 Å². The molecule has 0 fully saturated rings. The molecule has 0 atom stereocenters. The Morgan fingerprint density at radius 1 is 0.731 bits per heavy atom. The van der Waals surface area contributed by atoms with Gasteiger partial charge in [-0.05, 0) is 67.7 Å².